The van der Waals surface area contributed by atoms with Crippen molar-refractivity contribution in [2.75, 3.05) is 13.1 Å². The first-order valence-electron chi connectivity index (χ1n) is 8.64. The standard InChI is InChI=1S/C19H26N4O.2ClH/c1-13-7-9-20-11-18(13)22-19(24)17-10-14(2)23(15(17)3)12-16-6-4-5-8-21-16;;/h4-6,8,10,13,18,20H,7,9,11-12H2,1-3H3,(H,22,24);2*1H. The highest BCUT2D eigenvalue weighted by atomic mass is 35.5. The van der Waals surface area contributed by atoms with Crippen molar-refractivity contribution in [2.45, 2.75) is 39.8 Å². The molecular formula is C19H28Cl2N4O. The van der Waals surface area contributed by atoms with E-state index in [4.69, 9.17) is 0 Å². The first-order valence-corrected chi connectivity index (χ1v) is 8.64. The zero-order valence-electron chi connectivity index (χ0n) is 15.5. The maximum atomic E-state index is 12.7. The summed E-state index contributed by atoms with van der Waals surface area (Å²) in [4.78, 5) is 17.1. The lowest BCUT2D eigenvalue weighted by atomic mass is 9.94. The van der Waals surface area contributed by atoms with Gasteiger partial charge < -0.3 is 15.2 Å². The Kier molecular flexibility index (Phi) is 8.60. The molecule has 1 aliphatic heterocycles. The highest BCUT2D eigenvalue weighted by Crippen LogP contribution is 2.18. The SMILES string of the molecule is Cc1cc(C(=O)NC2CNCCC2C)c(C)n1Cc1ccccn1.Cl.Cl. The summed E-state index contributed by atoms with van der Waals surface area (Å²) in [5, 5.41) is 6.56. The molecule has 2 N–H and O–H groups in total. The molecule has 0 spiro atoms. The lowest BCUT2D eigenvalue weighted by Crippen LogP contribution is -2.50. The second-order valence-corrected chi connectivity index (χ2v) is 6.74. The van der Waals surface area contributed by atoms with E-state index in [9.17, 15) is 4.79 Å². The van der Waals surface area contributed by atoms with Gasteiger partial charge in [0.2, 0.25) is 0 Å². The second kappa shape index (κ2) is 9.95. The third kappa shape index (κ3) is 5.00. The van der Waals surface area contributed by atoms with Crippen LogP contribution in [0.3, 0.4) is 0 Å². The van der Waals surface area contributed by atoms with Gasteiger partial charge in [0, 0.05) is 30.2 Å². The van der Waals surface area contributed by atoms with Gasteiger partial charge in [-0.1, -0.05) is 13.0 Å². The zero-order chi connectivity index (χ0) is 17.1. The molecule has 0 saturated carbocycles. The van der Waals surface area contributed by atoms with E-state index in [1.165, 1.54) is 0 Å². The zero-order valence-corrected chi connectivity index (χ0v) is 17.1. The molecule has 2 aromatic rings. The summed E-state index contributed by atoms with van der Waals surface area (Å²) in [6.07, 6.45) is 2.90. The van der Waals surface area contributed by atoms with E-state index >= 15 is 0 Å². The van der Waals surface area contributed by atoms with Crippen molar-refractivity contribution in [2.24, 2.45) is 5.92 Å². The van der Waals surface area contributed by atoms with Crippen LogP contribution in [-0.4, -0.2) is 34.6 Å². The van der Waals surface area contributed by atoms with Crippen LogP contribution in [0.2, 0.25) is 0 Å². The highest BCUT2D eigenvalue weighted by molar-refractivity contribution is 5.96. The van der Waals surface area contributed by atoms with Gasteiger partial charge in [0.05, 0.1) is 17.8 Å². The van der Waals surface area contributed by atoms with Gasteiger partial charge in [-0.2, -0.15) is 0 Å². The Balaban J connectivity index is 0.00000169. The maximum absolute atomic E-state index is 12.7. The molecule has 0 aliphatic carbocycles. The summed E-state index contributed by atoms with van der Waals surface area (Å²) in [5.41, 5.74) is 3.84. The van der Waals surface area contributed by atoms with Crippen LogP contribution < -0.4 is 10.6 Å². The van der Waals surface area contributed by atoms with Gasteiger partial charge in [-0.25, -0.2) is 0 Å². The topological polar surface area (TPSA) is 59.0 Å². The summed E-state index contributed by atoms with van der Waals surface area (Å²) in [6, 6.07) is 8.09. The number of amides is 1. The molecule has 3 heterocycles. The van der Waals surface area contributed by atoms with Crippen LogP contribution in [0.25, 0.3) is 0 Å². The number of carbonyl (C=O) groups excluding carboxylic acids is 1. The van der Waals surface area contributed by atoms with Gasteiger partial charge in [0.1, 0.15) is 0 Å². The molecule has 0 bridgehead atoms. The van der Waals surface area contributed by atoms with E-state index in [0.29, 0.717) is 12.5 Å². The number of hydrogen-bond donors (Lipinski definition) is 2. The maximum Gasteiger partial charge on any atom is 0.253 e. The third-order valence-electron chi connectivity index (χ3n) is 5.01. The quantitative estimate of drug-likeness (QED) is 0.831. The summed E-state index contributed by atoms with van der Waals surface area (Å²) in [6.45, 7) is 8.82. The molecule has 0 aromatic carbocycles. The Labute approximate surface area is 167 Å². The molecular weight excluding hydrogens is 371 g/mol. The Morgan fingerprint density at radius 1 is 1.35 bits per heavy atom. The Bertz CT molecular complexity index is 718. The van der Waals surface area contributed by atoms with Crippen molar-refractivity contribution in [3.63, 3.8) is 0 Å². The smallest absolute Gasteiger partial charge is 0.253 e. The average molecular weight is 399 g/mol. The molecule has 1 aliphatic rings. The largest absolute Gasteiger partial charge is 0.348 e. The Morgan fingerprint density at radius 3 is 2.77 bits per heavy atom. The number of aromatic nitrogens is 2. The van der Waals surface area contributed by atoms with E-state index in [2.05, 4.69) is 27.1 Å². The Morgan fingerprint density at radius 2 is 2.12 bits per heavy atom. The van der Waals surface area contributed by atoms with Crippen LogP contribution in [-0.2, 0) is 6.54 Å². The van der Waals surface area contributed by atoms with Crippen molar-refractivity contribution in [3.05, 3.63) is 53.1 Å². The molecule has 1 amide bonds. The molecule has 26 heavy (non-hydrogen) atoms. The summed E-state index contributed by atoms with van der Waals surface area (Å²) >= 11 is 0. The summed E-state index contributed by atoms with van der Waals surface area (Å²) < 4.78 is 2.15. The number of hydrogen-bond acceptors (Lipinski definition) is 3. The van der Waals surface area contributed by atoms with Crippen LogP contribution in [0, 0.1) is 19.8 Å². The number of piperidine rings is 1. The summed E-state index contributed by atoms with van der Waals surface area (Å²) in [7, 11) is 0. The van der Waals surface area contributed by atoms with Crippen LogP contribution >= 0.6 is 24.8 Å². The van der Waals surface area contributed by atoms with Gasteiger partial charge in [0.25, 0.3) is 5.91 Å². The third-order valence-corrected chi connectivity index (χ3v) is 5.01. The van der Waals surface area contributed by atoms with Crippen molar-refractivity contribution in [1.82, 2.24) is 20.2 Å². The molecule has 2 atom stereocenters. The van der Waals surface area contributed by atoms with Crippen molar-refractivity contribution < 1.29 is 4.79 Å². The van der Waals surface area contributed by atoms with E-state index in [1.807, 2.05) is 38.1 Å². The van der Waals surface area contributed by atoms with Crippen LogP contribution in [0.5, 0.6) is 0 Å². The van der Waals surface area contributed by atoms with Gasteiger partial charge in [-0.15, -0.1) is 24.8 Å². The average Bonchev–Trinajstić information content (AvgIpc) is 2.86. The van der Waals surface area contributed by atoms with E-state index in [1.54, 1.807) is 6.20 Å². The lowest BCUT2D eigenvalue weighted by molar-refractivity contribution is 0.0914. The monoisotopic (exact) mass is 398 g/mol. The molecule has 0 radical (unpaired) electrons. The molecule has 1 saturated heterocycles. The van der Waals surface area contributed by atoms with Gasteiger partial charge in [0.15, 0.2) is 0 Å². The molecule has 7 heteroatoms. The second-order valence-electron chi connectivity index (χ2n) is 6.74. The first kappa shape index (κ1) is 22.5. The minimum Gasteiger partial charge on any atom is -0.348 e. The number of nitrogens with one attached hydrogen (secondary N) is 2. The molecule has 5 nitrogen and oxygen atoms in total. The van der Waals surface area contributed by atoms with E-state index < -0.39 is 0 Å². The Hall–Kier alpha value is -1.56. The van der Waals surface area contributed by atoms with Crippen LogP contribution in [0.1, 0.15) is 40.8 Å². The first-order chi connectivity index (χ1) is 11.6. The minimum absolute atomic E-state index is 0. The van der Waals surface area contributed by atoms with Gasteiger partial charge >= 0.3 is 0 Å². The number of nitrogens with zero attached hydrogens (tertiary/aromatic N) is 2. The van der Waals surface area contributed by atoms with Crippen molar-refractivity contribution in [3.8, 4) is 0 Å². The van der Waals surface area contributed by atoms with Crippen LogP contribution in [0.4, 0.5) is 0 Å². The lowest BCUT2D eigenvalue weighted by Gasteiger charge is -2.30. The molecule has 3 rings (SSSR count). The number of halogens is 2. The predicted molar refractivity (Wildman–Crippen MR) is 110 cm³/mol. The molecule has 2 unspecified atom stereocenters. The van der Waals surface area contributed by atoms with Crippen LogP contribution in [0.15, 0.2) is 30.5 Å². The van der Waals surface area contributed by atoms with Crippen molar-refractivity contribution >= 4 is 30.7 Å². The fourth-order valence-electron chi connectivity index (χ4n) is 3.36. The molecule has 2 aromatic heterocycles. The number of pyridine rings is 1. The highest BCUT2D eigenvalue weighted by Gasteiger charge is 2.24. The summed E-state index contributed by atoms with van der Waals surface area (Å²) in [5.74, 6) is 0.531. The van der Waals surface area contributed by atoms with Crippen molar-refractivity contribution in [1.29, 1.82) is 0 Å². The fraction of sp³-hybridized carbons (Fsp3) is 0.474. The molecule has 1 fully saturated rings. The van der Waals surface area contributed by atoms with Gasteiger partial charge in [-0.3, -0.25) is 9.78 Å². The predicted octanol–water partition coefficient (Wildman–Crippen LogP) is 3.12. The normalized spacial score (nSPS) is 19.2. The number of carbonyl (C=O) groups is 1. The number of aryl methyl sites for hydroxylation is 1. The van der Waals surface area contributed by atoms with Gasteiger partial charge in [-0.05, 0) is 50.9 Å². The number of rotatable bonds is 4. The minimum atomic E-state index is 0. The fourth-order valence-corrected chi connectivity index (χ4v) is 3.36. The van der Waals surface area contributed by atoms with E-state index in [0.717, 1.165) is 42.2 Å². The van der Waals surface area contributed by atoms with E-state index in [-0.39, 0.29) is 36.8 Å². The molecule has 144 valence electrons.